The van der Waals surface area contributed by atoms with Crippen LogP contribution in [0.3, 0.4) is 0 Å². The molecule has 0 aliphatic heterocycles. The molecule has 3 N–H and O–H groups in total. The van der Waals surface area contributed by atoms with E-state index in [1.807, 2.05) is 0 Å². The summed E-state index contributed by atoms with van der Waals surface area (Å²) in [4.78, 5) is 11.3. The lowest BCUT2D eigenvalue weighted by Crippen LogP contribution is -2.38. The van der Waals surface area contributed by atoms with Crippen molar-refractivity contribution in [3.8, 4) is 17.2 Å². The quantitative estimate of drug-likeness (QED) is 0.542. The van der Waals surface area contributed by atoms with Crippen LogP contribution in [0.2, 0.25) is 0 Å². The number of rotatable bonds is 10. The van der Waals surface area contributed by atoms with E-state index >= 15 is 0 Å². The number of alkyl halides is 3. The van der Waals surface area contributed by atoms with Crippen LogP contribution in [0.4, 0.5) is 13.2 Å². The Labute approximate surface area is 176 Å². The number of benzene rings is 2. The minimum Gasteiger partial charge on any atom is -0.496 e. The van der Waals surface area contributed by atoms with Crippen LogP contribution in [0.25, 0.3) is 0 Å². The van der Waals surface area contributed by atoms with Crippen LogP contribution in [0, 0.1) is 0 Å². The van der Waals surface area contributed by atoms with E-state index in [4.69, 9.17) is 19.9 Å². The van der Waals surface area contributed by atoms with Gasteiger partial charge in [0.05, 0.1) is 25.8 Å². The van der Waals surface area contributed by atoms with Gasteiger partial charge < -0.3 is 25.3 Å². The zero-order valence-corrected chi connectivity index (χ0v) is 17.5. The fourth-order valence-electron chi connectivity index (χ4n) is 2.53. The number of nitrogens with one attached hydrogen (secondary N) is 1. The summed E-state index contributed by atoms with van der Waals surface area (Å²) >= 11 is -0.165. The fourth-order valence-corrected chi connectivity index (χ4v) is 3.07. The van der Waals surface area contributed by atoms with Gasteiger partial charge in [-0.3, -0.25) is 4.79 Å². The Morgan fingerprint density at radius 3 is 2.17 bits per heavy atom. The molecule has 2 rings (SSSR count). The Morgan fingerprint density at radius 1 is 1.13 bits per heavy atom. The van der Waals surface area contributed by atoms with Crippen molar-refractivity contribution in [3.05, 3.63) is 47.5 Å². The molecule has 2 aromatic carbocycles. The van der Waals surface area contributed by atoms with E-state index in [1.165, 1.54) is 26.4 Å². The molecule has 0 saturated carbocycles. The summed E-state index contributed by atoms with van der Waals surface area (Å²) in [5, 5.41) is 2.99. The summed E-state index contributed by atoms with van der Waals surface area (Å²) in [6, 6.07) is 8.75. The SMILES string of the molecule is COc1cc(OCc2ccc(SC(F)(F)F)cc2)cc(OC)c1CNC(C)C(N)=O. The lowest BCUT2D eigenvalue weighted by atomic mass is 10.1. The zero-order chi connectivity index (χ0) is 22.3. The summed E-state index contributed by atoms with van der Waals surface area (Å²) in [7, 11) is 2.99. The Morgan fingerprint density at radius 2 is 1.70 bits per heavy atom. The van der Waals surface area contributed by atoms with E-state index in [9.17, 15) is 18.0 Å². The Bertz CT molecular complexity index is 835. The topological polar surface area (TPSA) is 82.8 Å². The van der Waals surface area contributed by atoms with Crippen LogP contribution in [-0.4, -0.2) is 31.7 Å². The molecule has 10 heteroatoms. The molecule has 30 heavy (non-hydrogen) atoms. The number of methoxy groups -OCH3 is 2. The monoisotopic (exact) mass is 444 g/mol. The Hall–Kier alpha value is -2.59. The van der Waals surface area contributed by atoms with Gasteiger partial charge in [-0.15, -0.1) is 0 Å². The molecule has 0 aromatic heterocycles. The van der Waals surface area contributed by atoms with Crippen molar-refractivity contribution in [2.45, 2.75) is 36.5 Å². The van der Waals surface area contributed by atoms with Gasteiger partial charge in [0.15, 0.2) is 0 Å². The highest BCUT2D eigenvalue weighted by Crippen LogP contribution is 2.37. The van der Waals surface area contributed by atoms with Crippen molar-refractivity contribution >= 4 is 17.7 Å². The van der Waals surface area contributed by atoms with Gasteiger partial charge in [-0.25, -0.2) is 0 Å². The molecule has 1 unspecified atom stereocenters. The second-order valence-corrected chi connectivity index (χ2v) is 7.43. The molecule has 0 heterocycles. The maximum atomic E-state index is 12.4. The minimum atomic E-state index is -4.32. The number of hydrogen-bond acceptors (Lipinski definition) is 6. The second-order valence-electron chi connectivity index (χ2n) is 6.29. The van der Waals surface area contributed by atoms with Gasteiger partial charge in [-0.2, -0.15) is 13.2 Å². The second kappa shape index (κ2) is 10.4. The van der Waals surface area contributed by atoms with Crippen molar-refractivity contribution in [1.82, 2.24) is 5.32 Å². The third-order valence-corrected chi connectivity index (χ3v) is 4.89. The highest BCUT2D eigenvalue weighted by Gasteiger charge is 2.29. The maximum Gasteiger partial charge on any atom is 0.446 e. The molecule has 0 spiro atoms. The standard InChI is InChI=1S/C20H23F3N2O4S/c1-12(19(24)26)25-10-16-17(27-2)8-14(9-18(16)28-3)29-11-13-4-6-15(7-5-13)30-20(21,22)23/h4-9,12,25H,10-11H2,1-3H3,(H2,24,26). The average molecular weight is 444 g/mol. The molecule has 2 aromatic rings. The fraction of sp³-hybridized carbons (Fsp3) is 0.350. The van der Waals surface area contributed by atoms with Gasteiger partial charge in [0.2, 0.25) is 5.91 Å². The van der Waals surface area contributed by atoms with Crippen molar-refractivity contribution in [3.63, 3.8) is 0 Å². The Kier molecular flexibility index (Phi) is 8.24. The highest BCUT2D eigenvalue weighted by atomic mass is 32.2. The largest absolute Gasteiger partial charge is 0.496 e. The van der Waals surface area contributed by atoms with E-state index < -0.39 is 17.5 Å². The van der Waals surface area contributed by atoms with E-state index in [-0.39, 0.29) is 29.8 Å². The van der Waals surface area contributed by atoms with E-state index in [0.29, 0.717) is 28.4 Å². The number of ether oxygens (including phenoxy) is 3. The first-order valence-corrected chi connectivity index (χ1v) is 9.69. The molecule has 0 bridgehead atoms. The summed E-state index contributed by atoms with van der Waals surface area (Å²) in [6.45, 7) is 2.09. The summed E-state index contributed by atoms with van der Waals surface area (Å²) in [6.07, 6.45) is 0. The Balaban J connectivity index is 2.10. The normalized spacial score (nSPS) is 12.3. The number of halogens is 3. The molecule has 164 valence electrons. The lowest BCUT2D eigenvalue weighted by Gasteiger charge is -2.18. The smallest absolute Gasteiger partial charge is 0.446 e. The van der Waals surface area contributed by atoms with Crippen LogP contribution in [-0.2, 0) is 17.9 Å². The number of thioether (sulfide) groups is 1. The number of carbonyl (C=O) groups is 1. The van der Waals surface area contributed by atoms with E-state index in [1.54, 1.807) is 31.2 Å². The summed E-state index contributed by atoms with van der Waals surface area (Å²) in [5.41, 5.74) is 2.33. The maximum absolute atomic E-state index is 12.4. The van der Waals surface area contributed by atoms with Gasteiger partial charge in [-0.1, -0.05) is 12.1 Å². The molecule has 0 saturated heterocycles. The van der Waals surface area contributed by atoms with Crippen LogP contribution in [0.15, 0.2) is 41.3 Å². The van der Waals surface area contributed by atoms with Crippen molar-refractivity contribution in [2.75, 3.05) is 14.2 Å². The highest BCUT2D eigenvalue weighted by molar-refractivity contribution is 8.00. The van der Waals surface area contributed by atoms with E-state index in [0.717, 1.165) is 0 Å². The van der Waals surface area contributed by atoms with Crippen LogP contribution in [0.1, 0.15) is 18.1 Å². The predicted octanol–water partition coefficient (Wildman–Crippen LogP) is 3.86. The lowest BCUT2D eigenvalue weighted by molar-refractivity contribution is -0.119. The van der Waals surface area contributed by atoms with Crippen LogP contribution < -0.4 is 25.3 Å². The van der Waals surface area contributed by atoms with Crippen molar-refractivity contribution in [2.24, 2.45) is 5.73 Å². The van der Waals surface area contributed by atoms with Crippen LogP contribution in [0.5, 0.6) is 17.2 Å². The van der Waals surface area contributed by atoms with Gasteiger partial charge in [0.25, 0.3) is 0 Å². The molecule has 0 aliphatic carbocycles. The number of hydrogen-bond donors (Lipinski definition) is 2. The van der Waals surface area contributed by atoms with Gasteiger partial charge in [0.1, 0.15) is 23.9 Å². The van der Waals surface area contributed by atoms with Gasteiger partial charge >= 0.3 is 5.51 Å². The van der Waals surface area contributed by atoms with Gasteiger partial charge in [-0.05, 0) is 36.4 Å². The van der Waals surface area contributed by atoms with Crippen molar-refractivity contribution in [1.29, 1.82) is 0 Å². The first-order chi connectivity index (χ1) is 14.1. The van der Waals surface area contributed by atoms with Gasteiger partial charge in [0, 0.05) is 23.6 Å². The molecule has 6 nitrogen and oxygen atoms in total. The van der Waals surface area contributed by atoms with E-state index in [2.05, 4.69) is 5.32 Å². The molecule has 1 amide bonds. The molecule has 1 atom stereocenters. The molecule has 0 fully saturated rings. The van der Waals surface area contributed by atoms with Crippen molar-refractivity contribution < 1.29 is 32.2 Å². The molecule has 0 radical (unpaired) electrons. The summed E-state index contributed by atoms with van der Waals surface area (Å²) < 4.78 is 53.8. The number of nitrogens with two attached hydrogens (primary N) is 1. The molecular weight excluding hydrogens is 421 g/mol. The number of carbonyl (C=O) groups excluding carboxylic acids is 1. The molecular formula is C20H23F3N2O4S. The third-order valence-electron chi connectivity index (χ3n) is 4.16. The average Bonchev–Trinajstić information content (AvgIpc) is 2.69. The first kappa shape index (κ1) is 23.7. The molecule has 0 aliphatic rings. The zero-order valence-electron chi connectivity index (χ0n) is 16.7. The number of primary amides is 1. The number of amides is 1. The minimum absolute atomic E-state index is 0.108. The summed E-state index contributed by atoms with van der Waals surface area (Å²) in [5.74, 6) is 0.965. The first-order valence-electron chi connectivity index (χ1n) is 8.88. The third kappa shape index (κ3) is 7.03. The van der Waals surface area contributed by atoms with Crippen LogP contribution >= 0.6 is 11.8 Å². The predicted molar refractivity (Wildman–Crippen MR) is 108 cm³/mol.